The normalized spacial score (nSPS) is 15.9. The van der Waals surface area contributed by atoms with Crippen LogP contribution in [0, 0.1) is 0 Å². The molecular weight excluding hydrogens is 557 g/mol. The zero-order valence-electron chi connectivity index (χ0n) is 19.0. The monoisotopic (exact) mass is 583 g/mol. The molecular formula is C26H24BF4NOTe. The van der Waals surface area contributed by atoms with E-state index in [0.29, 0.717) is 0 Å². The van der Waals surface area contributed by atoms with Crippen LogP contribution in [0.2, 0.25) is 0 Å². The van der Waals surface area contributed by atoms with Gasteiger partial charge in [0, 0.05) is 0 Å². The van der Waals surface area contributed by atoms with Crippen LogP contribution in [0.15, 0.2) is 96.6 Å². The summed E-state index contributed by atoms with van der Waals surface area (Å²) in [6, 6.07) is 17.2. The van der Waals surface area contributed by atoms with Crippen LogP contribution in [-0.4, -0.2) is 59.7 Å². The Morgan fingerprint density at radius 3 is 2.12 bits per heavy atom. The Bertz CT molecular complexity index is 1200. The van der Waals surface area contributed by atoms with E-state index in [2.05, 4.69) is 110 Å². The van der Waals surface area contributed by atoms with Gasteiger partial charge in [0.15, 0.2) is 0 Å². The molecule has 2 aliphatic rings. The standard InChI is InChI=1S/C26H24NOTe.BF4/c1-27(2)22-13-10-19(11-14-22)9-12-21-17-25(20-7-5-4-6-8-20)29-26-18-23(28-3)15-16-24(21)26;2-1(3,4)5/h4-18H,1-3H3;/q+1;-1/b21-12+;. The van der Waals surface area contributed by atoms with Gasteiger partial charge in [-0.2, -0.15) is 0 Å². The maximum atomic E-state index is 9.75. The summed E-state index contributed by atoms with van der Waals surface area (Å²) in [6.45, 7) is 0. The van der Waals surface area contributed by atoms with Crippen molar-refractivity contribution in [2.75, 3.05) is 21.2 Å². The summed E-state index contributed by atoms with van der Waals surface area (Å²) >= 11 is -0.469. The molecule has 2 aromatic rings. The van der Waals surface area contributed by atoms with Crippen molar-refractivity contribution in [1.82, 2.24) is 0 Å². The number of nitrogens with zero attached hydrogens (tertiary/aromatic N) is 1. The van der Waals surface area contributed by atoms with Crippen molar-refractivity contribution in [2.24, 2.45) is 0 Å². The van der Waals surface area contributed by atoms with E-state index in [9.17, 15) is 17.3 Å². The largest absolute Gasteiger partial charge is 0.673 e. The van der Waals surface area contributed by atoms with Crippen LogP contribution >= 0.6 is 0 Å². The van der Waals surface area contributed by atoms with E-state index in [1.807, 2.05) is 0 Å². The fourth-order valence-electron chi connectivity index (χ4n) is 3.27. The number of allylic oxidation sites excluding steroid dienone is 9. The second kappa shape index (κ2) is 11.5. The Balaban J connectivity index is 0.000000588. The van der Waals surface area contributed by atoms with Crippen molar-refractivity contribution in [3.05, 3.63) is 108 Å². The van der Waals surface area contributed by atoms with Gasteiger partial charge in [-0.1, -0.05) is 0 Å². The first-order valence-corrected chi connectivity index (χ1v) is 12.8. The number of methoxy groups -OCH3 is 1. The summed E-state index contributed by atoms with van der Waals surface area (Å²) in [5.74, 6) is 0.936. The van der Waals surface area contributed by atoms with Gasteiger partial charge in [0.2, 0.25) is 0 Å². The topological polar surface area (TPSA) is 12.2 Å². The maximum absolute atomic E-state index is 9.75. The molecule has 176 valence electrons. The summed E-state index contributed by atoms with van der Waals surface area (Å²) in [4.78, 5) is 0. The predicted octanol–water partition coefficient (Wildman–Crippen LogP) is 5.53. The zero-order chi connectivity index (χ0) is 24.7. The molecule has 0 N–H and O–H groups in total. The second-order valence-electron chi connectivity index (χ2n) is 7.61. The number of ether oxygens (including phenoxy) is 1. The molecule has 0 atom stereocenters. The van der Waals surface area contributed by atoms with Gasteiger partial charge in [0.05, 0.1) is 0 Å². The Labute approximate surface area is 207 Å². The van der Waals surface area contributed by atoms with Crippen molar-refractivity contribution in [3.63, 3.8) is 0 Å². The van der Waals surface area contributed by atoms with Gasteiger partial charge in [0.25, 0.3) is 0 Å². The van der Waals surface area contributed by atoms with E-state index in [-0.39, 0.29) is 0 Å². The van der Waals surface area contributed by atoms with Gasteiger partial charge >= 0.3 is 191 Å². The summed E-state index contributed by atoms with van der Waals surface area (Å²) in [6.07, 6.45) is 15.5. The molecule has 2 nitrogen and oxygen atoms in total. The van der Waals surface area contributed by atoms with Crippen molar-refractivity contribution >= 4 is 46.7 Å². The molecule has 1 aliphatic carbocycles. The molecule has 1 aliphatic heterocycles. The van der Waals surface area contributed by atoms with Gasteiger partial charge in [-0.15, -0.1) is 0 Å². The predicted molar refractivity (Wildman–Crippen MR) is 134 cm³/mol. The molecule has 8 heteroatoms. The number of hydrogen-bond acceptors (Lipinski definition) is 1. The van der Waals surface area contributed by atoms with Gasteiger partial charge in [0.1, 0.15) is 0 Å². The Morgan fingerprint density at radius 2 is 1.53 bits per heavy atom. The third kappa shape index (κ3) is 7.61. The van der Waals surface area contributed by atoms with Crippen LogP contribution in [0.3, 0.4) is 0 Å². The van der Waals surface area contributed by atoms with Crippen LogP contribution in [-0.2, 0) is 0 Å². The smallest absolute Gasteiger partial charge is 0.418 e. The molecule has 2 aromatic carbocycles. The van der Waals surface area contributed by atoms with Gasteiger partial charge in [-0.25, -0.2) is 0 Å². The first kappa shape index (κ1) is 25.8. The number of benzene rings is 2. The first-order chi connectivity index (χ1) is 16.1. The van der Waals surface area contributed by atoms with Crippen molar-refractivity contribution in [3.8, 4) is 5.75 Å². The summed E-state index contributed by atoms with van der Waals surface area (Å²) in [7, 11) is -0.137. The molecule has 0 unspecified atom stereocenters. The molecule has 34 heavy (non-hydrogen) atoms. The van der Waals surface area contributed by atoms with Crippen LogP contribution in [0.25, 0.3) is 9.19 Å². The number of fused-ring (bicyclic) bond motifs is 1. The van der Waals surface area contributed by atoms with E-state index < -0.39 is 28.2 Å². The Kier molecular flexibility index (Phi) is 8.76. The number of hydrogen-bond donors (Lipinski definition) is 0. The van der Waals surface area contributed by atoms with Crippen LogP contribution in [0.4, 0.5) is 17.3 Å². The van der Waals surface area contributed by atoms with Crippen LogP contribution in [0.5, 0.6) is 5.75 Å². The molecule has 0 bridgehead atoms. The summed E-state index contributed by atoms with van der Waals surface area (Å²) < 4.78 is 49.5. The molecule has 0 saturated heterocycles. The summed E-state index contributed by atoms with van der Waals surface area (Å²) in [5, 5.41) is 0. The van der Waals surface area contributed by atoms with E-state index >= 15 is 0 Å². The fraction of sp³-hybridized carbons (Fsp3) is 0.115. The van der Waals surface area contributed by atoms with Gasteiger partial charge in [-0.05, 0) is 0 Å². The first-order valence-electron chi connectivity index (χ1n) is 10.5. The molecule has 0 spiro atoms. The third-order valence-corrected chi connectivity index (χ3v) is 8.16. The minimum absolute atomic E-state index is 0.469. The van der Waals surface area contributed by atoms with Gasteiger partial charge in [-0.3, -0.25) is 0 Å². The van der Waals surface area contributed by atoms with Crippen LogP contribution < -0.4 is 8.35 Å². The minimum atomic E-state index is -6.00. The molecule has 0 fully saturated rings. The van der Waals surface area contributed by atoms with Crippen molar-refractivity contribution in [2.45, 2.75) is 0 Å². The van der Waals surface area contributed by atoms with E-state index in [1.165, 1.54) is 35.2 Å². The second-order valence-corrected chi connectivity index (χ2v) is 10.7. The Morgan fingerprint density at radius 1 is 0.882 bits per heavy atom. The number of halogens is 4. The van der Waals surface area contributed by atoms with Gasteiger partial charge < -0.3 is 17.3 Å². The average molecular weight is 581 g/mol. The quantitative estimate of drug-likeness (QED) is 0.264. The average Bonchev–Trinajstić information content (AvgIpc) is 2.81. The van der Waals surface area contributed by atoms with E-state index in [1.54, 1.807) is 7.11 Å². The van der Waals surface area contributed by atoms with Crippen molar-refractivity contribution < 1.29 is 26.6 Å². The summed E-state index contributed by atoms with van der Waals surface area (Å²) in [5.41, 5.74) is 6.32. The molecule has 0 saturated carbocycles. The number of rotatable bonds is 3. The molecule has 1 heterocycles. The SMILES string of the molecule is COc1ccc2c(c1)[Te]C(c1ccccc1)=C/C2=C\C=C1C=CC(=[N+](C)C)C=C1.F[B-](F)(F)F. The van der Waals surface area contributed by atoms with Crippen molar-refractivity contribution in [1.29, 1.82) is 0 Å². The zero-order valence-corrected chi connectivity index (χ0v) is 21.3. The third-order valence-electron chi connectivity index (χ3n) is 4.93. The van der Waals surface area contributed by atoms with E-state index in [4.69, 9.17) is 4.74 Å². The minimum Gasteiger partial charge on any atom is -0.418 e. The Hall–Kier alpha value is -2.82. The molecule has 4 rings (SSSR count). The molecule has 0 amide bonds. The van der Waals surface area contributed by atoms with Crippen LogP contribution in [0.1, 0.15) is 11.1 Å². The maximum Gasteiger partial charge on any atom is 0.673 e. The fourth-order valence-corrected chi connectivity index (χ4v) is 6.55. The molecule has 0 radical (unpaired) electrons. The van der Waals surface area contributed by atoms with E-state index in [0.717, 1.165) is 5.75 Å². The molecule has 0 aromatic heterocycles.